The van der Waals surface area contributed by atoms with E-state index in [1.165, 1.54) is 0 Å². The third-order valence-electron chi connectivity index (χ3n) is 5.00. The molecule has 136 valence electrons. The fraction of sp³-hybridized carbons (Fsp3) is 0.842. The number of ether oxygens (including phenoxy) is 2. The molecule has 0 saturated heterocycles. The molecular formula is C19H31NO4. The number of hydrogen-bond donors (Lipinski definition) is 0. The lowest BCUT2D eigenvalue weighted by Crippen LogP contribution is -2.34. The van der Waals surface area contributed by atoms with Crippen molar-refractivity contribution in [1.82, 2.24) is 0 Å². The number of nitrogens with zero attached hydrogens (tertiary/aromatic N) is 1. The maximum absolute atomic E-state index is 12.4. The highest BCUT2D eigenvalue weighted by Crippen LogP contribution is 2.47. The van der Waals surface area contributed by atoms with Crippen molar-refractivity contribution >= 4 is 11.9 Å². The van der Waals surface area contributed by atoms with Gasteiger partial charge in [-0.3, -0.25) is 9.59 Å². The first-order valence-electron chi connectivity index (χ1n) is 9.26. The van der Waals surface area contributed by atoms with Crippen molar-refractivity contribution in [2.45, 2.75) is 72.1 Å². The lowest BCUT2D eigenvalue weighted by atomic mass is 9.67. The molecule has 5 nitrogen and oxygen atoms in total. The Kier molecular flexibility index (Phi) is 8.81. The number of rotatable bonds is 10. The van der Waals surface area contributed by atoms with Crippen LogP contribution in [0.4, 0.5) is 0 Å². The van der Waals surface area contributed by atoms with E-state index in [1.54, 1.807) is 13.8 Å². The molecule has 0 N–H and O–H groups in total. The van der Waals surface area contributed by atoms with Gasteiger partial charge in [-0.25, -0.2) is 0 Å². The Morgan fingerprint density at radius 3 is 2.29 bits per heavy atom. The van der Waals surface area contributed by atoms with Crippen LogP contribution in [0.5, 0.6) is 0 Å². The van der Waals surface area contributed by atoms with Crippen molar-refractivity contribution in [3.63, 3.8) is 0 Å². The lowest BCUT2D eigenvalue weighted by molar-refractivity contribution is -0.156. The van der Waals surface area contributed by atoms with Gasteiger partial charge >= 0.3 is 11.9 Å². The number of hydrogen-bond acceptors (Lipinski definition) is 5. The molecule has 1 rings (SSSR count). The maximum Gasteiger partial charge on any atom is 0.309 e. The zero-order chi connectivity index (χ0) is 18.0. The summed E-state index contributed by atoms with van der Waals surface area (Å²) in [5.41, 5.74) is -0.546. The van der Waals surface area contributed by atoms with E-state index in [0.717, 1.165) is 38.5 Å². The zero-order valence-electron chi connectivity index (χ0n) is 15.3. The number of carbonyl (C=O) groups excluding carboxylic acids is 2. The third kappa shape index (κ3) is 5.51. The van der Waals surface area contributed by atoms with Crippen molar-refractivity contribution in [2.75, 3.05) is 13.2 Å². The number of esters is 2. The number of carbonyl (C=O) groups is 2. The van der Waals surface area contributed by atoms with Crippen LogP contribution >= 0.6 is 0 Å². The summed E-state index contributed by atoms with van der Waals surface area (Å²) >= 11 is 0. The molecule has 0 spiro atoms. The van der Waals surface area contributed by atoms with Crippen LogP contribution in [-0.2, 0) is 19.1 Å². The van der Waals surface area contributed by atoms with Crippen LogP contribution in [0.25, 0.3) is 0 Å². The first-order chi connectivity index (χ1) is 11.5. The molecule has 5 heteroatoms. The van der Waals surface area contributed by atoms with Gasteiger partial charge in [0.1, 0.15) is 0 Å². The van der Waals surface area contributed by atoms with Gasteiger partial charge in [-0.15, -0.1) is 0 Å². The summed E-state index contributed by atoms with van der Waals surface area (Å²) in [5.74, 6) is -1.08. The van der Waals surface area contributed by atoms with Gasteiger partial charge in [0.05, 0.1) is 37.0 Å². The van der Waals surface area contributed by atoms with E-state index in [4.69, 9.17) is 9.47 Å². The topological polar surface area (TPSA) is 76.4 Å². The highest BCUT2D eigenvalue weighted by Gasteiger charge is 2.43. The summed E-state index contributed by atoms with van der Waals surface area (Å²) in [6.45, 7) is 6.11. The molecule has 1 saturated carbocycles. The Hall–Kier alpha value is -1.57. The molecule has 0 amide bonds. The van der Waals surface area contributed by atoms with Crippen LogP contribution in [-0.4, -0.2) is 25.2 Å². The summed E-state index contributed by atoms with van der Waals surface area (Å²) in [4.78, 5) is 24.3. The van der Waals surface area contributed by atoms with Crippen LogP contribution < -0.4 is 0 Å². The van der Waals surface area contributed by atoms with Gasteiger partial charge in [-0.05, 0) is 45.4 Å². The lowest BCUT2D eigenvalue weighted by Gasteiger charge is -2.35. The fourth-order valence-corrected chi connectivity index (χ4v) is 3.95. The van der Waals surface area contributed by atoms with Crippen LogP contribution in [0, 0.1) is 28.6 Å². The summed E-state index contributed by atoms with van der Waals surface area (Å²) < 4.78 is 10.2. The van der Waals surface area contributed by atoms with Crippen molar-refractivity contribution in [3.05, 3.63) is 0 Å². The molecule has 0 radical (unpaired) electrons. The molecule has 1 aliphatic carbocycles. The molecule has 0 aromatic heterocycles. The molecular weight excluding hydrogens is 306 g/mol. The Balaban J connectivity index is 2.98. The Morgan fingerprint density at radius 1 is 1.17 bits per heavy atom. The predicted molar refractivity (Wildman–Crippen MR) is 90.9 cm³/mol. The third-order valence-corrected chi connectivity index (χ3v) is 5.00. The van der Waals surface area contributed by atoms with E-state index in [2.05, 4.69) is 13.0 Å². The van der Waals surface area contributed by atoms with E-state index in [1.807, 2.05) is 0 Å². The van der Waals surface area contributed by atoms with E-state index >= 15 is 0 Å². The monoisotopic (exact) mass is 337 g/mol. The summed E-state index contributed by atoms with van der Waals surface area (Å²) in [5, 5.41) is 9.95. The second-order valence-electron chi connectivity index (χ2n) is 6.66. The second kappa shape index (κ2) is 10.3. The number of nitriles is 1. The van der Waals surface area contributed by atoms with Crippen molar-refractivity contribution in [2.24, 2.45) is 17.3 Å². The maximum atomic E-state index is 12.4. The summed E-state index contributed by atoms with van der Waals surface area (Å²) in [7, 11) is 0. The standard InChI is InChI=1S/C19H31NO4/c1-4-11-19(14-20,16-9-7-8-10-16)13-15(18(22)24-6-3)12-17(21)23-5-2/h15-16H,4-13H2,1-3H3. The van der Waals surface area contributed by atoms with Crippen LogP contribution in [0.15, 0.2) is 0 Å². The minimum absolute atomic E-state index is 0.00740. The molecule has 0 bridgehead atoms. The van der Waals surface area contributed by atoms with E-state index in [9.17, 15) is 14.9 Å². The average Bonchev–Trinajstić information content (AvgIpc) is 3.09. The molecule has 1 fully saturated rings. The second-order valence-corrected chi connectivity index (χ2v) is 6.66. The first-order valence-corrected chi connectivity index (χ1v) is 9.26. The zero-order valence-corrected chi connectivity index (χ0v) is 15.3. The Bertz CT molecular complexity index is 451. The van der Waals surface area contributed by atoms with Gasteiger partial charge in [0.25, 0.3) is 0 Å². The largest absolute Gasteiger partial charge is 0.466 e. The SMILES string of the molecule is CCCC(C#N)(CC(CC(=O)OCC)C(=O)OCC)C1CCCC1. The normalized spacial score (nSPS) is 18.4. The smallest absolute Gasteiger partial charge is 0.309 e. The van der Waals surface area contributed by atoms with Gasteiger partial charge in [0, 0.05) is 0 Å². The Morgan fingerprint density at radius 2 is 1.79 bits per heavy atom. The Labute approximate surface area is 145 Å². The van der Waals surface area contributed by atoms with Crippen molar-refractivity contribution in [1.29, 1.82) is 5.26 Å². The highest BCUT2D eigenvalue weighted by atomic mass is 16.5. The van der Waals surface area contributed by atoms with Crippen LogP contribution in [0.3, 0.4) is 0 Å². The molecule has 0 aliphatic heterocycles. The van der Waals surface area contributed by atoms with Crippen molar-refractivity contribution in [3.8, 4) is 6.07 Å². The minimum Gasteiger partial charge on any atom is -0.466 e. The van der Waals surface area contributed by atoms with Gasteiger partial charge < -0.3 is 9.47 Å². The molecule has 0 aromatic carbocycles. The van der Waals surface area contributed by atoms with Gasteiger partial charge in [-0.1, -0.05) is 26.2 Å². The van der Waals surface area contributed by atoms with E-state index < -0.39 is 17.3 Å². The van der Waals surface area contributed by atoms with Gasteiger partial charge in [-0.2, -0.15) is 5.26 Å². The molecule has 2 unspecified atom stereocenters. The van der Waals surface area contributed by atoms with Gasteiger partial charge in [0.15, 0.2) is 0 Å². The molecule has 2 atom stereocenters. The summed E-state index contributed by atoms with van der Waals surface area (Å²) in [6, 6.07) is 2.53. The molecule has 1 aliphatic rings. The summed E-state index contributed by atoms with van der Waals surface area (Å²) in [6.07, 6.45) is 6.36. The van der Waals surface area contributed by atoms with Crippen LogP contribution in [0.1, 0.15) is 72.1 Å². The van der Waals surface area contributed by atoms with Crippen LogP contribution in [0.2, 0.25) is 0 Å². The molecule has 24 heavy (non-hydrogen) atoms. The van der Waals surface area contributed by atoms with Gasteiger partial charge in [0.2, 0.25) is 0 Å². The molecule has 0 heterocycles. The van der Waals surface area contributed by atoms with E-state index in [-0.39, 0.29) is 25.6 Å². The van der Waals surface area contributed by atoms with Crippen molar-refractivity contribution < 1.29 is 19.1 Å². The quantitative estimate of drug-likeness (QED) is 0.563. The highest BCUT2D eigenvalue weighted by molar-refractivity contribution is 5.80. The molecule has 0 aromatic rings. The average molecular weight is 337 g/mol. The first kappa shape index (κ1) is 20.5. The predicted octanol–water partition coefficient (Wildman–Crippen LogP) is 4.01. The van der Waals surface area contributed by atoms with E-state index in [0.29, 0.717) is 12.3 Å². The fourth-order valence-electron chi connectivity index (χ4n) is 3.95. The minimum atomic E-state index is -0.601.